The fraction of sp³-hybridized carbons (Fsp3) is 0.167. The van der Waals surface area contributed by atoms with Gasteiger partial charge in [0.15, 0.2) is 105 Å². The Morgan fingerprint density at radius 3 is 0.735 bits per heavy atom. The first kappa shape index (κ1) is 47.9. The van der Waals surface area contributed by atoms with E-state index < -0.39 is 188 Å². The summed E-state index contributed by atoms with van der Waals surface area (Å²) in [5.41, 5.74) is -3.58. The van der Waals surface area contributed by atoms with Crippen molar-refractivity contribution in [2.24, 2.45) is 0 Å². The highest BCUT2D eigenvalue weighted by atomic mass is 16.7. The van der Waals surface area contributed by atoms with E-state index in [2.05, 4.69) is 0 Å². The lowest BCUT2D eigenvalue weighted by atomic mass is 9.94. The van der Waals surface area contributed by atoms with E-state index in [1.165, 1.54) is 0 Å². The van der Waals surface area contributed by atoms with Crippen molar-refractivity contribution in [1.82, 2.24) is 0 Å². The zero-order chi connectivity index (χ0) is 50.0. The number of hydrogen-bond acceptors (Lipinski definition) is 26. The minimum absolute atomic E-state index is 0.562. The van der Waals surface area contributed by atoms with Crippen LogP contribution in [0.5, 0.6) is 86.2 Å². The molecule has 0 aliphatic carbocycles. The molecule has 68 heavy (non-hydrogen) atoms. The minimum atomic E-state index is -2.41. The molecule has 0 radical (unpaired) electrons. The highest BCUT2D eigenvalue weighted by molar-refractivity contribution is 5.94. The summed E-state index contributed by atoms with van der Waals surface area (Å²) >= 11 is 0. The maximum Gasteiger partial charge on any atom is 0.338 e. The molecule has 0 spiro atoms. The number of esters is 5. The second-order valence-electron chi connectivity index (χ2n) is 14.3. The number of aromatic hydroxyl groups is 15. The van der Waals surface area contributed by atoms with Crippen molar-refractivity contribution in [3.8, 4) is 86.2 Å². The summed E-state index contributed by atoms with van der Waals surface area (Å²) in [6, 6.07) is 5.99. The lowest BCUT2D eigenvalue weighted by Gasteiger charge is -2.44. The van der Waals surface area contributed by atoms with E-state index in [4.69, 9.17) is 28.4 Å². The number of carbonyl (C=O) groups is 5. The zero-order valence-electron chi connectivity index (χ0n) is 33.8. The topological polar surface area (TPSA) is 444 Å². The number of hydrogen-bond donors (Lipinski definition) is 15. The molecule has 358 valence electrons. The molecule has 5 aromatic rings. The second kappa shape index (κ2) is 18.9. The van der Waals surface area contributed by atoms with Gasteiger partial charge in [0.1, 0.15) is 25.4 Å². The Labute approximate surface area is 376 Å². The first-order valence-electron chi connectivity index (χ1n) is 18.8. The molecule has 0 aromatic heterocycles. The molecule has 0 saturated carbocycles. The predicted octanol–water partition coefficient (Wildman–Crippen LogP) is 1.73. The fourth-order valence-electron chi connectivity index (χ4n) is 6.35. The number of carbonyl (C=O) groups excluding carboxylic acids is 5. The Balaban J connectivity index is 1.50. The zero-order valence-corrected chi connectivity index (χ0v) is 33.8. The number of ether oxygens (including phenoxy) is 6. The Morgan fingerprint density at radius 2 is 0.515 bits per heavy atom. The monoisotopic (exact) mass is 954 g/mol. The summed E-state index contributed by atoms with van der Waals surface area (Å²) in [6.45, 7) is -2.35. The summed E-state index contributed by atoms with van der Waals surface area (Å²) in [4.78, 5) is 68.2. The second-order valence-corrected chi connectivity index (χ2v) is 14.3. The molecule has 1 heterocycles. The largest absolute Gasteiger partial charge is 0.504 e. The van der Waals surface area contributed by atoms with Gasteiger partial charge in [0, 0.05) is 0 Å². The molecule has 3 unspecified atom stereocenters. The molecular formula is C42H34O26. The molecule has 1 aliphatic heterocycles. The molecule has 26 heteroatoms. The van der Waals surface area contributed by atoms with E-state index in [1.54, 1.807) is 0 Å². The average molecular weight is 955 g/mol. The number of rotatable bonds is 12. The van der Waals surface area contributed by atoms with Crippen LogP contribution in [0.15, 0.2) is 60.7 Å². The molecule has 15 N–H and O–H groups in total. The van der Waals surface area contributed by atoms with E-state index in [1.807, 2.05) is 0 Å². The number of phenolic OH excluding ortho intramolecular Hbond substituents is 15. The Morgan fingerprint density at radius 1 is 0.324 bits per heavy atom. The standard InChI is InChI=1S/C42H34O26/c43-18-1-13(2-19(44)30(18)53)38(58)63-11-28-35(66-40(60)15-5-22(47)32(55)23(48)6-15)37(68-42(62)17-9-26(51)34(57)27(52)10-17)36(67-41(61)16-7-24(49)33(56)25(50)8-16)29(65-28)12-64-39(59)14-3-20(45)31(54)21(46)4-14/h1-10,28-29,35-37,43-57H,11-12H2/t28-,29?,35?,36-,37?/m1/s1. The highest BCUT2D eigenvalue weighted by Gasteiger charge is 2.53. The van der Waals surface area contributed by atoms with Gasteiger partial charge in [-0.15, -0.1) is 0 Å². The van der Waals surface area contributed by atoms with Crippen LogP contribution < -0.4 is 0 Å². The molecule has 0 bridgehead atoms. The highest BCUT2D eigenvalue weighted by Crippen LogP contribution is 2.41. The van der Waals surface area contributed by atoms with Crippen molar-refractivity contribution in [2.75, 3.05) is 13.2 Å². The van der Waals surface area contributed by atoms with Crippen LogP contribution in [0, 0.1) is 0 Å². The summed E-state index contributed by atoms with van der Waals surface area (Å²) in [5, 5.41) is 150. The van der Waals surface area contributed by atoms with Crippen molar-refractivity contribution in [2.45, 2.75) is 30.5 Å². The molecule has 26 nitrogen and oxygen atoms in total. The summed E-state index contributed by atoms with van der Waals surface area (Å²) < 4.78 is 33.5. The van der Waals surface area contributed by atoms with Crippen LogP contribution in [0.1, 0.15) is 51.8 Å². The van der Waals surface area contributed by atoms with Gasteiger partial charge in [-0.05, 0) is 60.7 Å². The molecule has 6 rings (SSSR count). The molecule has 0 amide bonds. The van der Waals surface area contributed by atoms with Crippen LogP contribution in [0.2, 0.25) is 0 Å². The molecule has 1 aliphatic rings. The van der Waals surface area contributed by atoms with E-state index >= 15 is 0 Å². The van der Waals surface area contributed by atoms with Crippen molar-refractivity contribution < 1.29 is 129 Å². The van der Waals surface area contributed by atoms with Crippen molar-refractivity contribution in [1.29, 1.82) is 0 Å². The van der Waals surface area contributed by atoms with Gasteiger partial charge in [-0.25, -0.2) is 24.0 Å². The third-order valence-electron chi connectivity index (χ3n) is 9.74. The van der Waals surface area contributed by atoms with Crippen LogP contribution in [-0.4, -0.2) is 150 Å². The van der Waals surface area contributed by atoms with Crippen LogP contribution in [0.4, 0.5) is 0 Å². The van der Waals surface area contributed by atoms with Crippen molar-refractivity contribution in [3.63, 3.8) is 0 Å². The van der Waals surface area contributed by atoms with Gasteiger partial charge in [-0.1, -0.05) is 0 Å². The van der Waals surface area contributed by atoms with Crippen LogP contribution >= 0.6 is 0 Å². The maximum atomic E-state index is 13.9. The summed E-state index contributed by atoms with van der Waals surface area (Å²) in [6.07, 6.45) is -11.2. The lowest BCUT2D eigenvalue weighted by molar-refractivity contribution is -0.235. The third kappa shape index (κ3) is 9.88. The predicted molar refractivity (Wildman–Crippen MR) is 214 cm³/mol. The van der Waals surface area contributed by atoms with Gasteiger partial charge in [-0.2, -0.15) is 0 Å². The molecular weight excluding hydrogens is 920 g/mol. The third-order valence-corrected chi connectivity index (χ3v) is 9.74. The van der Waals surface area contributed by atoms with Gasteiger partial charge in [0.2, 0.25) is 0 Å². The Kier molecular flexibility index (Phi) is 13.3. The van der Waals surface area contributed by atoms with Crippen LogP contribution in [0.25, 0.3) is 0 Å². The smallest absolute Gasteiger partial charge is 0.338 e. The Hall–Kier alpha value is -9.59. The van der Waals surface area contributed by atoms with Gasteiger partial charge < -0.3 is 105 Å². The average Bonchev–Trinajstić information content (AvgIpc) is 3.28. The van der Waals surface area contributed by atoms with E-state index in [-0.39, 0.29) is 0 Å². The molecule has 1 saturated heterocycles. The van der Waals surface area contributed by atoms with Crippen LogP contribution in [0.3, 0.4) is 0 Å². The first-order valence-corrected chi connectivity index (χ1v) is 18.8. The molecule has 5 aromatic carbocycles. The Bertz CT molecular complexity index is 2580. The van der Waals surface area contributed by atoms with Crippen LogP contribution in [-0.2, 0) is 28.4 Å². The SMILES string of the molecule is O=C(OCC1O[C@H](COC(=O)c2cc(O)c(O)c(O)c2)C(OC(=O)c2cc(O)c(O)c(O)c2)C(OC(=O)c2cc(O)c(O)c(O)c2)[C@@H]1OC(=O)c1cc(O)c(O)c(O)c1)c1cc(O)c(O)c(O)c1. The number of benzene rings is 5. The van der Waals surface area contributed by atoms with Gasteiger partial charge in [-0.3, -0.25) is 0 Å². The summed E-state index contributed by atoms with van der Waals surface area (Å²) in [5.74, 6) is -23.6. The van der Waals surface area contributed by atoms with Crippen molar-refractivity contribution >= 4 is 29.8 Å². The number of phenols is 15. The lowest BCUT2D eigenvalue weighted by Crippen LogP contribution is -2.63. The van der Waals surface area contributed by atoms with Gasteiger partial charge in [0.05, 0.1) is 27.8 Å². The molecule has 1 fully saturated rings. The summed E-state index contributed by atoms with van der Waals surface area (Å²) in [7, 11) is 0. The van der Waals surface area contributed by atoms with Gasteiger partial charge in [0.25, 0.3) is 0 Å². The quantitative estimate of drug-likeness (QED) is 0.0481. The normalized spacial score (nSPS) is 17.6. The molecule has 5 atom stereocenters. The first-order chi connectivity index (χ1) is 31.9. The minimum Gasteiger partial charge on any atom is -0.504 e. The van der Waals surface area contributed by atoms with E-state index in [0.29, 0.717) is 60.7 Å². The van der Waals surface area contributed by atoms with E-state index in [9.17, 15) is 101 Å². The maximum absolute atomic E-state index is 13.9. The van der Waals surface area contributed by atoms with E-state index in [0.717, 1.165) is 0 Å². The van der Waals surface area contributed by atoms with Crippen molar-refractivity contribution in [3.05, 3.63) is 88.5 Å². The van der Waals surface area contributed by atoms with Gasteiger partial charge >= 0.3 is 29.8 Å². The fourth-order valence-corrected chi connectivity index (χ4v) is 6.35.